The highest BCUT2D eigenvalue weighted by Gasteiger charge is 2.16. The second-order valence-electron chi connectivity index (χ2n) is 11.3. The van der Waals surface area contributed by atoms with Gasteiger partial charge in [0.1, 0.15) is 0 Å². The van der Waals surface area contributed by atoms with Crippen LogP contribution in [0.3, 0.4) is 0 Å². The minimum Gasteiger partial charge on any atom is -0.309 e. The number of fused-ring (bicyclic) bond motifs is 5. The van der Waals surface area contributed by atoms with Crippen molar-refractivity contribution in [2.75, 3.05) is 0 Å². The number of aryl methyl sites for hydroxylation is 2. The van der Waals surface area contributed by atoms with Gasteiger partial charge in [-0.25, -0.2) is 0 Å². The molecule has 0 bridgehead atoms. The predicted octanol–water partition coefficient (Wildman–Crippen LogP) is 11.1. The van der Waals surface area contributed by atoms with E-state index in [1.807, 2.05) is 0 Å². The van der Waals surface area contributed by atoms with E-state index >= 15 is 0 Å². The fourth-order valence-electron chi connectivity index (χ4n) is 6.48. The molecule has 0 radical (unpaired) electrons. The van der Waals surface area contributed by atoms with Crippen molar-refractivity contribution < 1.29 is 0 Å². The van der Waals surface area contributed by atoms with E-state index in [9.17, 15) is 0 Å². The van der Waals surface area contributed by atoms with E-state index in [4.69, 9.17) is 0 Å². The largest absolute Gasteiger partial charge is 0.309 e. The molecule has 1 heterocycles. The molecule has 204 valence electrons. The lowest BCUT2D eigenvalue weighted by Gasteiger charge is -2.12. The van der Waals surface area contributed by atoms with Crippen molar-refractivity contribution in [3.05, 3.63) is 175 Å². The molecule has 0 aliphatic carbocycles. The molecular formula is C42H31N. The summed E-state index contributed by atoms with van der Waals surface area (Å²) in [4.78, 5) is 0. The Kier molecular flexibility index (Phi) is 6.35. The summed E-state index contributed by atoms with van der Waals surface area (Å²) in [6.07, 6.45) is 2.11. The van der Waals surface area contributed by atoms with Crippen LogP contribution in [0.25, 0.3) is 60.5 Å². The number of hydrogen-bond donors (Lipinski definition) is 0. The van der Waals surface area contributed by atoms with Gasteiger partial charge < -0.3 is 4.57 Å². The molecule has 8 aromatic rings. The monoisotopic (exact) mass is 549 g/mol. The van der Waals surface area contributed by atoms with Crippen molar-refractivity contribution in [3.8, 4) is 27.9 Å². The average molecular weight is 550 g/mol. The quantitative estimate of drug-likeness (QED) is 0.194. The van der Waals surface area contributed by atoms with Gasteiger partial charge in [-0.15, -0.1) is 0 Å². The van der Waals surface area contributed by atoms with Gasteiger partial charge in [0.15, 0.2) is 0 Å². The molecule has 0 atom stereocenters. The van der Waals surface area contributed by atoms with E-state index in [0.29, 0.717) is 0 Å². The summed E-state index contributed by atoms with van der Waals surface area (Å²) in [5.74, 6) is 0. The van der Waals surface area contributed by atoms with Crippen LogP contribution in [0.15, 0.2) is 164 Å². The van der Waals surface area contributed by atoms with Crippen LogP contribution in [-0.2, 0) is 12.8 Å². The van der Waals surface area contributed by atoms with Crippen molar-refractivity contribution in [1.82, 2.24) is 4.57 Å². The molecule has 0 N–H and O–H groups in total. The Morgan fingerprint density at radius 1 is 0.372 bits per heavy atom. The second kappa shape index (κ2) is 10.8. The molecule has 0 amide bonds. The molecular weight excluding hydrogens is 518 g/mol. The number of rotatable bonds is 6. The fourth-order valence-corrected chi connectivity index (χ4v) is 6.48. The first-order valence-corrected chi connectivity index (χ1v) is 15.1. The smallest absolute Gasteiger partial charge is 0.0619 e. The molecule has 0 spiro atoms. The maximum absolute atomic E-state index is 2.45. The number of hydrogen-bond acceptors (Lipinski definition) is 0. The number of aromatic nitrogens is 1. The van der Waals surface area contributed by atoms with Gasteiger partial charge in [-0.3, -0.25) is 0 Å². The van der Waals surface area contributed by atoms with Crippen LogP contribution >= 0.6 is 0 Å². The highest BCUT2D eigenvalue weighted by atomic mass is 15.0. The molecule has 43 heavy (non-hydrogen) atoms. The van der Waals surface area contributed by atoms with Crippen LogP contribution in [0.1, 0.15) is 11.1 Å². The van der Waals surface area contributed by atoms with Crippen LogP contribution in [0, 0.1) is 0 Å². The number of benzene rings is 7. The van der Waals surface area contributed by atoms with Crippen LogP contribution in [0.2, 0.25) is 0 Å². The Morgan fingerprint density at radius 2 is 1.00 bits per heavy atom. The molecule has 1 heteroatoms. The SMILES string of the molecule is c1ccc(CCc2ccc(-c3ccc4c(c3)c3ccc5ccccc5c3n4-c3cccc(-c4ccccc4)c3)cc2)cc1. The van der Waals surface area contributed by atoms with E-state index in [1.165, 1.54) is 71.6 Å². The number of nitrogens with zero attached hydrogens (tertiary/aromatic N) is 1. The van der Waals surface area contributed by atoms with Crippen molar-refractivity contribution in [2.24, 2.45) is 0 Å². The topological polar surface area (TPSA) is 4.93 Å². The molecule has 0 saturated carbocycles. The van der Waals surface area contributed by atoms with Gasteiger partial charge in [0.05, 0.1) is 11.0 Å². The zero-order valence-electron chi connectivity index (χ0n) is 23.9. The summed E-state index contributed by atoms with van der Waals surface area (Å²) in [5, 5.41) is 5.08. The van der Waals surface area contributed by atoms with Crippen LogP contribution in [-0.4, -0.2) is 4.57 Å². The molecule has 0 unspecified atom stereocenters. The maximum Gasteiger partial charge on any atom is 0.0619 e. The zero-order valence-corrected chi connectivity index (χ0v) is 23.9. The highest BCUT2D eigenvalue weighted by Crippen LogP contribution is 2.39. The standard InChI is InChI=1S/C42H31N/c1-3-10-30(11-4-1)18-19-31-20-22-33(23-21-31)36-25-27-41-40(29-36)39-26-24-34-14-7-8-17-38(34)42(39)43(41)37-16-9-15-35(28-37)32-12-5-2-6-13-32/h1-17,20-29H,18-19H2. The Labute approximate surface area is 252 Å². The summed E-state index contributed by atoms with van der Waals surface area (Å²) in [7, 11) is 0. The van der Waals surface area contributed by atoms with E-state index in [-0.39, 0.29) is 0 Å². The van der Waals surface area contributed by atoms with Gasteiger partial charge in [-0.05, 0) is 75.9 Å². The van der Waals surface area contributed by atoms with Gasteiger partial charge in [-0.2, -0.15) is 0 Å². The molecule has 1 aromatic heterocycles. The average Bonchev–Trinajstić information content (AvgIpc) is 3.43. The van der Waals surface area contributed by atoms with Gasteiger partial charge in [0.2, 0.25) is 0 Å². The van der Waals surface area contributed by atoms with Gasteiger partial charge in [0.25, 0.3) is 0 Å². The van der Waals surface area contributed by atoms with Crippen molar-refractivity contribution >= 4 is 32.6 Å². The van der Waals surface area contributed by atoms with E-state index in [1.54, 1.807) is 0 Å². The molecule has 0 fully saturated rings. The normalized spacial score (nSPS) is 11.4. The first-order valence-electron chi connectivity index (χ1n) is 15.1. The molecule has 0 aliphatic heterocycles. The summed E-state index contributed by atoms with van der Waals surface area (Å²) in [5.41, 5.74) is 11.3. The summed E-state index contributed by atoms with van der Waals surface area (Å²) in [6, 6.07) is 59.7. The lowest BCUT2D eigenvalue weighted by molar-refractivity contribution is 0.960. The summed E-state index contributed by atoms with van der Waals surface area (Å²) in [6.45, 7) is 0. The third kappa shape index (κ3) is 4.70. The van der Waals surface area contributed by atoms with E-state index in [0.717, 1.165) is 12.8 Å². The summed E-state index contributed by atoms with van der Waals surface area (Å²) < 4.78 is 2.45. The third-order valence-electron chi connectivity index (χ3n) is 8.70. The van der Waals surface area contributed by atoms with Crippen LogP contribution in [0.5, 0.6) is 0 Å². The minimum atomic E-state index is 1.05. The van der Waals surface area contributed by atoms with Gasteiger partial charge in [-0.1, -0.05) is 140 Å². The lowest BCUT2D eigenvalue weighted by atomic mass is 9.99. The first kappa shape index (κ1) is 25.3. The Hall–Kier alpha value is -5.40. The predicted molar refractivity (Wildman–Crippen MR) is 183 cm³/mol. The molecule has 8 rings (SSSR count). The molecule has 0 saturated heterocycles. The summed E-state index contributed by atoms with van der Waals surface area (Å²) >= 11 is 0. The Bertz CT molecular complexity index is 2200. The van der Waals surface area contributed by atoms with Gasteiger partial charge in [0, 0.05) is 21.8 Å². The van der Waals surface area contributed by atoms with Crippen molar-refractivity contribution in [3.63, 3.8) is 0 Å². The highest BCUT2D eigenvalue weighted by molar-refractivity contribution is 6.19. The zero-order chi connectivity index (χ0) is 28.6. The first-order chi connectivity index (χ1) is 21.3. The van der Waals surface area contributed by atoms with Crippen LogP contribution in [0.4, 0.5) is 0 Å². The second-order valence-corrected chi connectivity index (χ2v) is 11.3. The molecule has 1 nitrogen and oxygen atoms in total. The van der Waals surface area contributed by atoms with E-state index in [2.05, 4.69) is 168 Å². The Morgan fingerprint density at radius 3 is 1.81 bits per heavy atom. The van der Waals surface area contributed by atoms with Crippen molar-refractivity contribution in [1.29, 1.82) is 0 Å². The molecule has 0 aliphatic rings. The van der Waals surface area contributed by atoms with Gasteiger partial charge >= 0.3 is 0 Å². The Balaban J connectivity index is 1.25. The third-order valence-corrected chi connectivity index (χ3v) is 8.70. The molecule has 7 aromatic carbocycles. The van der Waals surface area contributed by atoms with Crippen molar-refractivity contribution in [2.45, 2.75) is 12.8 Å². The minimum absolute atomic E-state index is 1.05. The lowest BCUT2D eigenvalue weighted by Crippen LogP contribution is -1.95. The maximum atomic E-state index is 2.45. The van der Waals surface area contributed by atoms with Crippen LogP contribution < -0.4 is 0 Å². The fraction of sp³-hybridized carbons (Fsp3) is 0.0476. The van der Waals surface area contributed by atoms with E-state index < -0.39 is 0 Å².